The Kier molecular flexibility index (Phi) is 3.96. The van der Waals surface area contributed by atoms with Gasteiger partial charge in [0.1, 0.15) is 6.33 Å². The molecule has 0 saturated heterocycles. The fraction of sp³-hybridized carbons (Fsp3) is 0.714. The lowest BCUT2D eigenvalue weighted by molar-refractivity contribution is 0.759. The van der Waals surface area contributed by atoms with Gasteiger partial charge in [0.2, 0.25) is 5.13 Å². The molecule has 0 radical (unpaired) electrons. The summed E-state index contributed by atoms with van der Waals surface area (Å²) in [6.45, 7) is 4.68. The van der Waals surface area contributed by atoms with Crippen LogP contribution in [0.25, 0.3) is 0 Å². The molecule has 0 bridgehead atoms. The lowest BCUT2D eigenvalue weighted by Gasteiger charge is -2.18. The minimum absolute atomic E-state index is 0.666. The third-order valence-electron chi connectivity index (χ3n) is 1.51. The zero-order chi connectivity index (χ0) is 8.81. The second kappa shape index (κ2) is 5.05. The first-order valence-corrected chi connectivity index (χ1v) is 4.87. The summed E-state index contributed by atoms with van der Waals surface area (Å²) >= 11 is 1.42. The van der Waals surface area contributed by atoms with Gasteiger partial charge in [-0.05, 0) is 6.42 Å². The summed E-state index contributed by atoms with van der Waals surface area (Å²) in [6.07, 6.45) is 2.69. The first-order valence-electron chi connectivity index (χ1n) is 4.10. The van der Waals surface area contributed by atoms with E-state index in [2.05, 4.69) is 21.2 Å². The Balaban J connectivity index is 2.53. The van der Waals surface area contributed by atoms with Gasteiger partial charge in [-0.3, -0.25) is 0 Å². The lowest BCUT2D eigenvalue weighted by atomic mass is 10.4. The van der Waals surface area contributed by atoms with Gasteiger partial charge >= 0.3 is 0 Å². The molecule has 1 rings (SSSR count). The van der Waals surface area contributed by atoms with Crippen LogP contribution in [0.4, 0.5) is 5.13 Å². The van der Waals surface area contributed by atoms with E-state index in [1.54, 1.807) is 6.33 Å². The molecule has 0 saturated carbocycles. The molecule has 1 heterocycles. The molecule has 5 heteroatoms. The fourth-order valence-electron chi connectivity index (χ4n) is 1.04. The number of rotatable bonds is 5. The summed E-state index contributed by atoms with van der Waals surface area (Å²) in [5.74, 6) is 0. The standard InChI is InChI=1S/C7H14N4S/c1-2-4-11(5-3-8)7-9-6-10-12-7/h6H,2-5,8H2,1H3. The molecule has 0 aliphatic heterocycles. The van der Waals surface area contributed by atoms with Crippen LogP contribution in [0.1, 0.15) is 13.3 Å². The number of hydrogen-bond donors (Lipinski definition) is 1. The van der Waals surface area contributed by atoms with Gasteiger partial charge in [0, 0.05) is 31.2 Å². The van der Waals surface area contributed by atoms with E-state index in [1.165, 1.54) is 11.5 Å². The average Bonchev–Trinajstić information content (AvgIpc) is 2.56. The van der Waals surface area contributed by atoms with Crippen molar-refractivity contribution in [3.8, 4) is 0 Å². The zero-order valence-corrected chi connectivity index (χ0v) is 8.05. The Bertz CT molecular complexity index is 193. The predicted octanol–water partition coefficient (Wildman–Crippen LogP) is 0.713. The van der Waals surface area contributed by atoms with E-state index in [0.29, 0.717) is 6.54 Å². The fourth-order valence-corrected chi connectivity index (χ4v) is 1.62. The first-order chi connectivity index (χ1) is 5.88. The van der Waals surface area contributed by atoms with Crippen LogP contribution in [0.15, 0.2) is 6.33 Å². The molecule has 0 aliphatic carbocycles. The van der Waals surface area contributed by atoms with Crippen LogP contribution < -0.4 is 10.6 Å². The van der Waals surface area contributed by atoms with E-state index in [1.807, 2.05) is 0 Å². The van der Waals surface area contributed by atoms with Gasteiger partial charge in [-0.25, -0.2) is 4.98 Å². The number of aromatic nitrogens is 2. The van der Waals surface area contributed by atoms with E-state index in [9.17, 15) is 0 Å². The third kappa shape index (κ3) is 2.42. The molecule has 1 aromatic rings. The van der Waals surface area contributed by atoms with Crippen molar-refractivity contribution in [3.05, 3.63) is 6.33 Å². The zero-order valence-electron chi connectivity index (χ0n) is 7.23. The van der Waals surface area contributed by atoms with E-state index in [-0.39, 0.29) is 0 Å². The van der Waals surface area contributed by atoms with Gasteiger partial charge in [-0.15, -0.1) is 0 Å². The smallest absolute Gasteiger partial charge is 0.204 e. The van der Waals surface area contributed by atoms with Crippen molar-refractivity contribution >= 4 is 16.7 Å². The quantitative estimate of drug-likeness (QED) is 0.736. The highest BCUT2D eigenvalue weighted by atomic mass is 32.1. The molecule has 0 fully saturated rings. The second-order valence-electron chi connectivity index (χ2n) is 2.50. The molecule has 12 heavy (non-hydrogen) atoms. The minimum atomic E-state index is 0.666. The van der Waals surface area contributed by atoms with E-state index in [0.717, 1.165) is 24.6 Å². The topological polar surface area (TPSA) is 55.0 Å². The van der Waals surface area contributed by atoms with Gasteiger partial charge in [0.05, 0.1) is 0 Å². The predicted molar refractivity (Wildman–Crippen MR) is 51.5 cm³/mol. The van der Waals surface area contributed by atoms with Crippen LogP contribution in [-0.4, -0.2) is 29.0 Å². The Morgan fingerprint density at radius 1 is 1.58 bits per heavy atom. The molecule has 2 N–H and O–H groups in total. The largest absolute Gasteiger partial charge is 0.346 e. The van der Waals surface area contributed by atoms with Crippen LogP contribution in [0.3, 0.4) is 0 Å². The highest BCUT2D eigenvalue weighted by Gasteiger charge is 2.06. The minimum Gasteiger partial charge on any atom is -0.346 e. The van der Waals surface area contributed by atoms with Crippen molar-refractivity contribution in [2.24, 2.45) is 5.73 Å². The molecular formula is C7H14N4S. The Morgan fingerprint density at radius 2 is 2.42 bits per heavy atom. The van der Waals surface area contributed by atoms with Crippen molar-refractivity contribution in [3.63, 3.8) is 0 Å². The summed E-state index contributed by atoms with van der Waals surface area (Å²) < 4.78 is 3.96. The molecule has 0 amide bonds. The van der Waals surface area contributed by atoms with Crippen LogP contribution in [0.2, 0.25) is 0 Å². The molecule has 1 aromatic heterocycles. The molecular weight excluding hydrogens is 172 g/mol. The van der Waals surface area contributed by atoms with Crippen LogP contribution in [0.5, 0.6) is 0 Å². The van der Waals surface area contributed by atoms with E-state index < -0.39 is 0 Å². The summed E-state index contributed by atoms with van der Waals surface area (Å²) in [5.41, 5.74) is 5.48. The van der Waals surface area contributed by atoms with Gasteiger partial charge in [-0.1, -0.05) is 6.92 Å². The van der Waals surface area contributed by atoms with E-state index >= 15 is 0 Å². The van der Waals surface area contributed by atoms with Gasteiger partial charge in [0.25, 0.3) is 0 Å². The molecule has 0 spiro atoms. The highest BCUT2D eigenvalue weighted by Crippen LogP contribution is 2.13. The van der Waals surface area contributed by atoms with Crippen LogP contribution in [0, 0.1) is 0 Å². The maximum absolute atomic E-state index is 5.48. The monoisotopic (exact) mass is 186 g/mol. The Labute approximate surface area is 76.6 Å². The third-order valence-corrected chi connectivity index (χ3v) is 2.24. The summed E-state index contributed by atoms with van der Waals surface area (Å²) in [4.78, 5) is 6.30. The average molecular weight is 186 g/mol. The van der Waals surface area contributed by atoms with Crippen molar-refractivity contribution in [1.29, 1.82) is 0 Å². The molecule has 0 atom stereocenters. The first kappa shape index (κ1) is 9.41. The SMILES string of the molecule is CCCN(CCN)c1ncns1. The van der Waals surface area contributed by atoms with Crippen molar-refractivity contribution in [2.45, 2.75) is 13.3 Å². The maximum atomic E-state index is 5.48. The van der Waals surface area contributed by atoms with Crippen molar-refractivity contribution < 1.29 is 0 Å². The molecule has 0 aromatic carbocycles. The normalized spacial score (nSPS) is 10.2. The van der Waals surface area contributed by atoms with Crippen molar-refractivity contribution in [1.82, 2.24) is 9.36 Å². The number of nitrogens with two attached hydrogens (primary N) is 1. The van der Waals surface area contributed by atoms with E-state index in [4.69, 9.17) is 5.73 Å². The number of nitrogens with zero attached hydrogens (tertiary/aromatic N) is 3. The maximum Gasteiger partial charge on any atom is 0.204 e. The molecule has 68 valence electrons. The summed E-state index contributed by atoms with van der Waals surface area (Å²) in [5, 5.41) is 0.974. The Morgan fingerprint density at radius 3 is 2.92 bits per heavy atom. The number of hydrogen-bond acceptors (Lipinski definition) is 5. The van der Waals surface area contributed by atoms with Crippen LogP contribution >= 0.6 is 11.5 Å². The van der Waals surface area contributed by atoms with Gasteiger partial charge in [0.15, 0.2) is 0 Å². The van der Waals surface area contributed by atoms with Crippen LogP contribution in [-0.2, 0) is 0 Å². The van der Waals surface area contributed by atoms with Gasteiger partial charge < -0.3 is 10.6 Å². The molecule has 0 unspecified atom stereocenters. The lowest BCUT2D eigenvalue weighted by Crippen LogP contribution is -2.29. The van der Waals surface area contributed by atoms with Gasteiger partial charge in [-0.2, -0.15) is 4.37 Å². The molecule has 4 nitrogen and oxygen atoms in total. The summed E-state index contributed by atoms with van der Waals surface area (Å²) in [6, 6.07) is 0. The Hall–Kier alpha value is -0.680. The summed E-state index contributed by atoms with van der Waals surface area (Å²) in [7, 11) is 0. The van der Waals surface area contributed by atoms with Crippen molar-refractivity contribution in [2.75, 3.05) is 24.5 Å². The second-order valence-corrected chi connectivity index (χ2v) is 3.26. The number of anilines is 1. The highest BCUT2D eigenvalue weighted by molar-refractivity contribution is 7.09. The molecule has 0 aliphatic rings.